The van der Waals surface area contributed by atoms with Gasteiger partial charge in [-0.15, -0.1) is 0 Å². The summed E-state index contributed by atoms with van der Waals surface area (Å²) in [5.41, 5.74) is 0.720. The second-order valence-electron chi connectivity index (χ2n) is 3.87. The molecule has 2 rings (SSSR count). The first-order valence-electron chi connectivity index (χ1n) is 4.29. The van der Waals surface area contributed by atoms with Crippen molar-refractivity contribution in [2.45, 2.75) is 19.3 Å². The van der Waals surface area contributed by atoms with Gasteiger partial charge in [0.25, 0.3) is 0 Å². The Morgan fingerprint density at radius 2 is 2.07 bits per heavy atom. The maximum atomic E-state index is 11.2. The molecule has 0 N–H and O–H groups in total. The SMILES string of the molecule is CC1(C)C=[N+]([O-])Oc2ccc(Br)cc21.[LiH]. The number of nitrogens with zero attached hydrogens (tertiary/aromatic N) is 1. The Hall–Kier alpha value is -0.433. The molecule has 0 atom stereocenters. The van der Waals surface area contributed by atoms with E-state index in [1.54, 1.807) is 6.07 Å². The van der Waals surface area contributed by atoms with Crippen LogP contribution in [-0.2, 0) is 5.41 Å². The fourth-order valence-corrected chi connectivity index (χ4v) is 1.90. The standard InChI is InChI=1S/C10H10BrNO2.Li.H/c1-10(2)6-12(13)14-9-4-3-7(11)5-8(9)10;;/h3-6H,1-2H3;;. The van der Waals surface area contributed by atoms with Crippen LogP contribution in [0.4, 0.5) is 0 Å². The third-order valence-electron chi connectivity index (χ3n) is 2.25. The Bertz CT molecular complexity index is 418. The number of hydrogen-bond donors (Lipinski definition) is 0. The molecule has 1 aromatic rings. The van der Waals surface area contributed by atoms with E-state index in [-0.39, 0.29) is 24.3 Å². The molecule has 15 heavy (non-hydrogen) atoms. The molecule has 0 aromatic heterocycles. The average molecular weight is 264 g/mol. The molecule has 0 bridgehead atoms. The predicted octanol–water partition coefficient (Wildman–Crippen LogP) is 1.97. The van der Waals surface area contributed by atoms with E-state index in [1.807, 2.05) is 26.0 Å². The molecule has 5 heteroatoms. The van der Waals surface area contributed by atoms with Crippen LogP contribution < -0.4 is 4.84 Å². The van der Waals surface area contributed by atoms with Crippen LogP contribution in [0, 0.1) is 5.21 Å². The summed E-state index contributed by atoms with van der Waals surface area (Å²) in [6, 6.07) is 5.62. The summed E-state index contributed by atoms with van der Waals surface area (Å²) >= 11 is 3.40. The Balaban J connectivity index is 0.00000112. The molecule has 0 aliphatic carbocycles. The van der Waals surface area contributed by atoms with E-state index < -0.39 is 0 Å². The van der Waals surface area contributed by atoms with E-state index in [4.69, 9.17) is 4.84 Å². The molecule has 0 amide bonds. The Morgan fingerprint density at radius 1 is 1.40 bits per heavy atom. The first-order chi connectivity index (χ1) is 6.49. The van der Waals surface area contributed by atoms with Crippen LogP contribution in [0.5, 0.6) is 5.75 Å². The van der Waals surface area contributed by atoms with Gasteiger partial charge in [-0.25, -0.2) is 0 Å². The summed E-state index contributed by atoms with van der Waals surface area (Å²) in [7, 11) is 0. The molecule has 1 aliphatic heterocycles. The third kappa shape index (κ3) is 2.39. The van der Waals surface area contributed by atoms with Gasteiger partial charge in [0.2, 0.25) is 6.21 Å². The van der Waals surface area contributed by atoms with Crippen LogP contribution in [0.3, 0.4) is 0 Å². The van der Waals surface area contributed by atoms with Gasteiger partial charge in [-0.1, -0.05) is 15.9 Å². The Morgan fingerprint density at radius 3 is 2.73 bits per heavy atom. The van der Waals surface area contributed by atoms with E-state index in [0.29, 0.717) is 10.7 Å². The van der Waals surface area contributed by atoms with Gasteiger partial charge in [-0.3, -0.25) is 5.21 Å². The summed E-state index contributed by atoms with van der Waals surface area (Å²) in [4.78, 5) is 5.53. The summed E-state index contributed by atoms with van der Waals surface area (Å²) in [5.74, 6) is 0.621. The number of rotatable bonds is 0. The van der Waals surface area contributed by atoms with Gasteiger partial charge >= 0.3 is 18.9 Å². The fraction of sp³-hybridized carbons (Fsp3) is 0.300. The summed E-state index contributed by atoms with van der Waals surface area (Å²) in [5, 5.41) is 11.2. The Labute approximate surface area is 109 Å². The fourth-order valence-electron chi connectivity index (χ4n) is 1.54. The normalized spacial score (nSPS) is 16.9. The average Bonchev–Trinajstić information content (AvgIpc) is 2.05. The quantitative estimate of drug-likeness (QED) is 0.530. The van der Waals surface area contributed by atoms with Gasteiger partial charge in [0.15, 0.2) is 0 Å². The van der Waals surface area contributed by atoms with E-state index in [9.17, 15) is 5.21 Å². The monoisotopic (exact) mass is 263 g/mol. The zero-order valence-corrected chi connectivity index (χ0v) is 9.54. The molecule has 1 aliphatic rings. The van der Waals surface area contributed by atoms with Crippen molar-refractivity contribution < 1.29 is 9.74 Å². The first-order valence-corrected chi connectivity index (χ1v) is 5.09. The molecule has 0 spiro atoms. The summed E-state index contributed by atoms with van der Waals surface area (Å²) in [6.07, 6.45) is 1.52. The van der Waals surface area contributed by atoms with E-state index in [0.717, 1.165) is 10.0 Å². The van der Waals surface area contributed by atoms with E-state index in [2.05, 4.69) is 15.9 Å². The molecule has 0 fully saturated rings. The predicted molar refractivity (Wildman–Crippen MR) is 64.6 cm³/mol. The van der Waals surface area contributed by atoms with Crippen molar-refractivity contribution in [1.82, 2.24) is 0 Å². The first kappa shape index (κ1) is 12.6. The molecule has 0 saturated carbocycles. The molecule has 1 aromatic carbocycles. The van der Waals surface area contributed by atoms with Crippen molar-refractivity contribution in [1.29, 1.82) is 0 Å². The van der Waals surface area contributed by atoms with Crippen molar-refractivity contribution in [3.63, 3.8) is 0 Å². The van der Waals surface area contributed by atoms with E-state index in [1.165, 1.54) is 6.21 Å². The molecular weight excluding hydrogens is 253 g/mol. The van der Waals surface area contributed by atoms with Crippen LogP contribution in [-0.4, -0.2) is 30.0 Å². The van der Waals surface area contributed by atoms with Gasteiger partial charge in [-0.05, 0) is 37.6 Å². The van der Waals surface area contributed by atoms with Gasteiger partial charge < -0.3 is 4.84 Å². The number of hydrogen-bond acceptors (Lipinski definition) is 2. The summed E-state index contributed by atoms with van der Waals surface area (Å²) < 4.78 is 0.987. The minimum atomic E-state index is -0.293. The van der Waals surface area contributed by atoms with Crippen molar-refractivity contribution in [2.24, 2.45) is 0 Å². The molecule has 3 nitrogen and oxygen atoms in total. The molecule has 0 saturated heterocycles. The molecule has 76 valence electrons. The Kier molecular flexibility index (Phi) is 3.54. The van der Waals surface area contributed by atoms with Crippen molar-refractivity contribution in [2.75, 3.05) is 0 Å². The van der Waals surface area contributed by atoms with E-state index >= 15 is 0 Å². The number of halogens is 1. The van der Waals surface area contributed by atoms with Crippen LogP contribution in [0.15, 0.2) is 22.7 Å². The van der Waals surface area contributed by atoms with Crippen molar-refractivity contribution >= 4 is 41.0 Å². The number of benzene rings is 1. The summed E-state index contributed by atoms with van der Waals surface area (Å²) in [6.45, 7) is 3.96. The minimum absolute atomic E-state index is 0. The van der Waals surface area contributed by atoms with Gasteiger partial charge in [0.1, 0.15) is 0 Å². The van der Waals surface area contributed by atoms with Crippen LogP contribution in [0.2, 0.25) is 0 Å². The van der Waals surface area contributed by atoms with Crippen molar-refractivity contribution in [3.8, 4) is 5.75 Å². The maximum absolute atomic E-state index is 11.2. The molecule has 0 radical (unpaired) electrons. The van der Waals surface area contributed by atoms with Gasteiger partial charge in [-0.2, -0.15) is 0 Å². The third-order valence-corrected chi connectivity index (χ3v) is 2.75. The van der Waals surface area contributed by atoms with Gasteiger partial charge in [0, 0.05) is 9.37 Å². The zero-order chi connectivity index (χ0) is 10.3. The topological polar surface area (TPSA) is 35.3 Å². The molecule has 0 unspecified atom stereocenters. The number of fused-ring (bicyclic) bond motifs is 1. The second-order valence-corrected chi connectivity index (χ2v) is 4.78. The van der Waals surface area contributed by atoms with Gasteiger partial charge in [0.05, 0.1) is 11.2 Å². The van der Waals surface area contributed by atoms with Crippen LogP contribution in [0.25, 0.3) is 0 Å². The second kappa shape index (κ2) is 4.21. The van der Waals surface area contributed by atoms with Crippen LogP contribution >= 0.6 is 15.9 Å². The molecular formula is C10H11BrLiNO2. The zero-order valence-electron chi connectivity index (χ0n) is 7.95. The molecule has 1 heterocycles. The van der Waals surface area contributed by atoms with Crippen LogP contribution in [0.1, 0.15) is 19.4 Å². The van der Waals surface area contributed by atoms with Crippen molar-refractivity contribution in [3.05, 3.63) is 33.4 Å².